The van der Waals surface area contributed by atoms with E-state index in [-0.39, 0.29) is 19.1 Å². The summed E-state index contributed by atoms with van der Waals surface area (Å²) in [7, 11) is 0. The number of benzene rings is 2. The van der Waals surface area contributed by atoms with Crippen LogP contribution < -0.4 is 5.32 Å². The lowest BCUT2D eigenvalue weighted by Gasteiger charge is -2.13. The first-order chi connectivity index (χ1) is 10.6. The molecule has 22 heavy (non-hydrogen) atoms. The highest BCUT2D eigenvalue weighted by Gasteiger charge is 2.10. The van der Waals surface area contributed by atoms with Crippen LogP contribution in [0.5, 0.6) is 0 Å². The Kier molecular flexibility index (Phi) is 5.92. The van der Waals surface area contributed by atoms with Gasteiger partial charge in [0.15, 0.2) is 0 Å². The molecule has 0 aromatic heterocycles. The number of aliphatic hydroxyl groups is 1. The molecule has 0 saturated heterocycles. The van der Waals surface area contributed by atoms with E-state index in [9.17, 15) is 9.90 Å². The highest BCUT2D eigenvalue weighted by molar-refractivity contribution is 5.98. The molecule has 0 aliphatic heterocycles. The van der Waals surface area contributed by atoms with Crippen molar-refractivity contribution in [3.05, 3.63) is 48.0 Å². The molecule has 2 rings (SSSR count). The van der Waals surface area contributed by atoms with E-state index >= 15 is 0 Å². The minimum atomic E-state index is -0.692. The fraction of sp³-hybridized carbons (Fsp3) is 0.389. The zero-order valence-corrected chi connectivity index (χ0v) is 13.1. The second-order valence-corrected chi connectivity index (χ2v) is 5.86. The summed E-state index contributed by atoms with van der Waals surface area (Å²) in [6.07, 6.45) is -0.692. The Morgan fingerprint density at radius 2 is 1.86 bits per heavy atom. The zero-order chi connectivity index (χ0) is 15.9. The Morgan fingerprint density at radius 3 is 2.59 bits per heavy atom. The van der Waals surface area contributed by atoms with Crippen molar-refractivity contribution < 1.29 is 14.6 Å². The van der Waals surface area contributed by atoms with Gasteiger partial charge >= 0.3 is 0 Å². The predicted molar refractivity (Wildman–Crippen MR) is 87.9 cm³/mol. The van der Waals surface area contributed by atoms with E-state index in [1.807, 2.05) is 50.2 Å². The van der Waals surface area contributed by atoms with Crippen LogP contribution in [0.4, 0.5) is 0 Å². The standard InChI is InChI=1S/C18H23NO3/c1-13(2)11-22-12-17(20)10-19-18(21)16-8-7-14-5-3-4-6-15(14)9-16/h3-9,13,17,20H,10-12H2,1-2H3,(H,19,21). The van der Waals surface area contributed by atoms with Crippen LogP contribution in [0.15, 0.2) is 42.5 Å². The molecule has 0 heterocycles. The van der Waals surface area contributed by atoms with Gasteiger partial charge in [-0.2, -0.15) is 0 Å². The molecular weight excluding hydrogens is 278 g/mol. The molecule has 0 spiro atoms. The van der Waals surface area contributed by atoms with Crippen molar-refractivity contribution in [2.24, 2.45) is 5.92 Å². The van der Waals surface area contributed by atoms with Crippen LogP contribution in [0.2, 0.25) is 0 Å². The molecule has 2 aromatic rings. The monoisotopic (exact) mass is 301 g/mol. The Balaban J connectivity index is 1.85. The minimum absolute atomic E-state index is 0.184. The van der Waals surface area contributed by atoms with Gasteiger partial charge in [0.2, 0.25) is 0 Å². The van der Waals surface area contributed by atoms with Crippen molar-refractivity contribution in [1.29, 1.82) is 0 Å². The van der Waals surface area contributed by atoms with Crippen molar-refractivity contribution >= 4 is 16.7 Å². The van der Waals surface area contributed by atoms with Crippen LogP contribution in [0.25, 0.3) is 10.8 Å². The molecule has 0 aliphatic carbocycles. The van der Waals surface area contributed by atoms with Crippen molar-refractivity contribution in [2.45, 2.75) is 20.0 Å². The Bertz CT molecular complexity index is 625. The van der Waals surface area contributed by atoms with E-state index in [0.29, 0.717) is 18.1 Å². The molecule has 4 nitrogen and oxygen atoms in total. The van der Waals surface area contributed by atoms with Crippen LogP contribution in [0.3, 0.4) is 0 Å². The number of rotatable bonds is 7. The quantitative estimate of drug-likeness (QED) is 0.826. The highest BCUT2D eigenvalue weighted by Crippen LogP contribution is 2.15. The van der Waals surface area contributed by atoms with Gasteiger partial charge in [0.25, 0.3) is 5.91 Å². The first-order valence-corrected chi connectivity index (χ1v) is 7.59. The number of hydrogen-bond donors (Lipinski definition) is 2. The van der Waals surface area contributed by atoms with E-state index in [4.69, 9.17) is 4.74 Å². The molecule has 4 heteroatoms. The molecule has 1 unspecified atom stereocenters. The summed E-state index contributed by atoms with van der Waals surface area (Å²) >= 11 is 0. The van der Waals surface area contributed by atoms with E-state index in [0.717, 1.165) is 10.8 Å². The summed E-state index contributed by atoms with van der Waals surface area (Å²) in [6.45, 7) is 5.12. The summed E-state index contributed by atoms with van der Waals surface area (Å²) < 4.78 is 5.35. The molecular formula is C18H23NO3. The second-order valence-electron chi connectivity index (χ2n) is 5.86. The molecule has 2 N–H and O–H groups in total. The van der Waals surface area contributed by atoms with Crippen LogP contribution in [0.1, 0.15) is 24.2 Å². The molecule has 1 atom stereocenters. The van der Waals surface area contributed by atoms with Crippen molar-refractivity contribution in [2.75, 3.05) is 19.8 Å². The number of carbonyl (C=O) groups is 1. The molecule has 2 aromatic carbocycles. The minimum Gasteiger partial charge on any atom is -0.389 e. The van der Waals surface area contributed by atoms with Gasteiger partial charge < -0.3 is 15.2 Å². The summed E-state index contributed by atoms with van der Waals surface area (Å²) in [5.41, 5.74) is 0.592. The predicted octanol–water partition coefficient (Wildman–Crippen LogP) is 2.60. The summed E-state index contributed by atoms with van der Waals surface area (Å²) in [5, 5.41) is 14.6. The lowest BCUT2D eigenvalue weighted by molar-refractivity contribution is 0.0259. The van der Waals surface area contributed by atoms with Crippen LogP contribution in [-0.2, 0) is 4.74 Å². The first kappa shape index (κ1) is 16.5. The second kappa shape index (κ2) is 7.92. The van der Waals surface area contributed by atoms with Gasteiger partial charge in [-0.05, 0) is 28.8 Å². The van der Waals surface area contributed by atoms with Gasteiger partial charge in [-0.3, -0.25) is 4.79 Å². The Labute approximate surface area is 131 Å². The summed E-state index contributed by atoms with van der Waals surface area (Å²) in [6, 6.07) is 13.5. The summed E-state index contributed by atoms with van der Waals surface area (Å²) in [4.78, 5) is 12.1. The van der Waals surface area contributed by atoms with Crippen molar-refractivity contribution in [1.82, 2.24) is 5.32 Å². The number of ether oxygens (including phenoxy) is 1. The number of amides is 1. The third kappa shape index (κ3) is 4.83. The maximum absolute atomic E-state index is 12.1. The lowest BCUT2D eigenvalue weighted by atomic mass is 10.1. The number of carbonyl (C=O) groups excluding carboxylic acids is 1. The average Bonchev–Trinajstić information content (AvgIpc) is 2.51. The van der Waals surface area contributed by atoms with Crippen LogP contribution in [-0.4, -0.2) is 36.9 Å². The third-order valence-electron chi connectivity index (χ3n) is 3.27. The van der Waals surface area contributed by atoms with Gasteiger partial charge in [-0.15, -0.1) is 0 Å². The van der Waals surface area contributed by atoms with E-state index in [1.165, 1.54) is 0 Å². The van der Waals surface area contributed by atoms with E-state index < -0.39 is 6.10 Å². The molecule has 1 amide bonds. The van der Waals surface area contributed by atoms with Crippen molar-refractivity contribution in [3.8, 4) is 0 Å². The first-order valence-electron chi connectivity index (χ1n) is 7.59. The van der Waals surface area contributed by atoms with Gasteiger partial charge in [-0.25, -0.2) is 0 Å². The normalized spacial score (nSPS) is 12.5. The van der Waals surface area contributed by atoms with Gasteiger partial charge in [-0.1, -0.05) is 44.2 Å². The number of nitrogens with one attached hydrogen (secondary N) is 1. The Hall–Kier alpha value is -1.91. The fourth-order valence-corrected chi connectivity index (χ4v) is 2.14. The molecule has 118 valence electrons. The lowest BCUT2D eigenvalue weighted by Crippen LogP contribution is -2.34. The maximum Gasteiger partial charge on any atom is 0.251 e. The summed E-state index contributed by atoms with van der Waals surface area (Å²) in [5.74, 6) is 0.244. The fourth-order valence-electron chi connectivity index (χ4n) is 2.14. The van der Waals surface area contributed by atoms with Gasteiger partial charge in [0, 0.05) is 18.7 Å². The van der Waals surface area contributed by atoms with Crippen LogP contribution in [0, 0.1) is 5.92 Å². The van der Waals surface area contributed by atoms with E-state index in [2.05, 4.69) is 5.32 Å². The van der Waals surface area contributed by atoms with Gasteiger partial charge in [0.1, 0.15) is 0 Å². The number of hydrogen-bond acceptors (Lipinski definition) is 3. The maximum atomic E-state index is 12.1. The Morgan fingerprint density at radius 1 is 1.14 bits per heavy atom. The number of fused-ring (bicyclic) bond motifs is 1. The molecule has 0 aliphatic rings. The topological polar surface area (TPSA) is 58.6 Å². The molecule has 0 bridgehead atoms. The molecule has 0 fully saturated rings. The average molecular weight is 301 g/mol. The number of aliphatic hydroxyl groups excluding tert-OH is 1. The van der Waals surface area contributed by atoms with Crippen LogP contribution >= 0.6 is 0 Å². The smallest absolute Gasteiger partial charge is 0.251 e. The third-order valence-corrected chi connectivity index (χ3v) is 3.27. The highest BCUT2D eigenvalue weighted by atomic mass is 16.5. The SMILES string of the molecule is CC(C)COCC(O)CNC(=O)c1ccc2ccccc2c1. The van der Waals surface area contributed by atoms with E-state index in [1.54, 1.807) is 6.07 Å². The van der Waals surface area contributed by atoms with Gasteiger partial charge in [0.05, 0.1) is 12.7 Å². The van der Waals surface area contributed by atoms with Crippen molar-refractivity contribution in [3.63, 3.8) is 0 Å². The molecule has 0 saturated carbocycles. The zero-order valence-electron chi connectivity index (χ0n) is 13.1. The molecule has 0 radical (unpaired) electrons. The largest absolute Gasteiger partial charge is 0.389 e.